The molecule has 0 aliphatic carbocycles. The average molecular weight is 280 g/mol. The summed E-state index contributed by atoms with van der Waals surface area (Å²) in [6.07, 6.45) is -3.07. The quantitative estimate of drug-likeness (QED) is 0.614. The second kappa shape index (κ2) is 6.49. The Hall–Kier alpha value is -1.43. The number of aromatic nitrogens is 1. The van der Waals surface area contributed by atoms with Gasteiger partial charge in [-0.05, 0) is 11.6 Å². The summed E-state index contributed by atoms with van der Waals surface area (Å²) in [6.45, 7) is 0. The number of nitrogens with zero attached hydrogens (tertiary/aromatic N) is 1. The second-order valence-electron chi connectivity index (χ2n) is 3.38. The van der Waals surface area contributed by atoms with Crippen LogP contribution in [0.1, 0.15) is 23.2 Å². The molecule has 1 aromatic heterocycles. The van der Waals surface area contributed by atoms with E-state index in [2.05, 4.69) is 9.72 Å². The van der Waals surface area contributed by atoms with E-state index in [4.69, 9.17) is 16.3 Å². The summed E-state index contributed by atoms with van der Waals surface area (Å²) in [5.74, 6) is -0.804. The number of esters is 1. The van der Waals surface area contributed by atoms with E-state index < -0.39 is 18.0 Å². The third-order valence-electron chi connectivity index (χ3n) is 2.27. The minimum absolute atomic E-state index is 0.0358. The van der Waals surface area contributed by atoms with Crippen molar-refractivity contribution < 1.29 is 23.0 Å². The Bertz CT molecular complexity index is 441. The minimum Gasteiger partial charge on any atom is -0.481 e. The molecule has 100 valence electrons. The first kappa shape index (κ1) is 14.6. The fourth-order valence-electron chi connectivity index (χ4n) is 1.47. The van der Waals surface area contributed by atoms with Crippen LogP contribution in [-0.2, 0) is 21.8 Å². The average Bonchev–Trinajstić information content (AvgIpc) is 2.36. The number of hydrogen-bond donors (Lipinski definition) is 0. The van der Waals surface area contributed by atoms with Crippen LogP contribution in [0.15, 0.2) is 6.07 Å². The Kier molecular flexibility index (Phi) is 5.27. The third-order valence-corrected chi connectivity index (χ3v) is 2.55. The van der Waals surface area contributed by atoms with Crippen LogP contribution in [-0.4, -0.2) is 25.2 Å². The molecule has 0 N–H and O–H groups in total. The fraction of sp³-hybridized carbons (Fsp3) is 0.455. The largest absolute Gasteiger partial charge is 0.481 e. The number of rotatable bonds is 5. The summed E-state index contributed by atoms with van der Waals surface area (Å²) in [7, 11) is 2.42. The molecule has 0 saturated carbocycles. The third kappa shape index (κ3) is 3.29. The van der Waals surface area contributed by atoms with Gasteiger partial charge in [0.25, 0.3) is 6.43 Å². The summed E-state index contributed by atoms with van der Waals surface area (Å²) < 4.78 is 35.2. The van der Waals surface area contributed by atoms with Gasteiger partial charge in [0.1, 0.15) is 0 Å². The number of alkyl halides is 3. The normalized spacial score (nSPS) is 10.6. The maximum absolute atomic E-state index is 13.0. The van der Waals surface area contributed by atoms with E-state index in [1.54, 1.807) is 0 Å². The van der Waals surface area contributed by atoms with Gasteiger partial charge in [0.05, 0.1) is 37.8 Å². The highest BCUT2D eigenvalue weighted by atomic mass is 35.5. The lowest BCUT2D eigenvalue weighted by molar-refractivity contribution is -0.139. The highest BCUT2D eigenvalue weighted by Crippen LogP contribution is 2.32. The van der Waals surface area contributed by atoms with Crippen molar-refractivity contribution in [2.45, 2.75) is 18.7 Å². The highest BCUT2D eigenvalue weighted by Gasteiger charge is 2.23. The molecule has 7 heteroatoms. The molecule has 0 amide bonds. The van der Waals surface area contributed by atoms with Gasteiger partial charge in [-0.2, -0.15) is 0 Å². The van der Waals surface area contributed by atoms with E-state index in [1.165, 1.54) is 20.3 Å². The summed E-state index contributed by atoms with van der Waals surface area (Å²) in [6, 6.07) is 1.36. The molecule has 1 rings (SSSR count). The molecule has 1 heterocycles. The molecule has 0 atom stereocenters. The highest BCUT2D eigenvalue weighted by molar-refractivity contribution is 6.16. The second-order valence-corrected chi connectivity index (χ2v) is 3.65. The lowest BCUT2D eigenvalue weighted by Crippen LogP contribution is -2.10. The number of carbonyl (C=O) groups is 1. The monoisotopic (exact) mass is 279 g/mol. The van der Waals surface area contributed by atoms with Crippen molar-refractivity contribution in [1.82, 2.24) is 4.98 Å². The predicted molar refractivity (Wildman–Crippen MR) is 61.0 cm³/mol. The number of ether oxygens (including phenoxy) is 2. The molecule has 0 aliphatic heterocycles. The number of carbonyl (C=O) groups excluding carboxylic acids is 1. The van der Waals surface area contributed by atoms with Crippen molar-refractivity contribution in [2.75, 3.05) is 14.2 Å². The fourth-order valence-corrected chi connectivity index (χ4v) is 1.61. The molecule has 0 aromatic carbocycles. The predicted octanol–water partition coefficient (Wildman–Crippen LogP) is 2.48. The van der Waals surface area contributed by atoms with Crippen LogP contribution in [0.25, 0.3) is 0 Å². The van der Waals surface area contributed by atoms with Gasteiger partial charge < -0.3 is 9.47 Å². The van der Waals surface area contributed by atoms with Gasteiger partial charge in [-0.15, -0.1) is 11.6 Å². The molecular weight excluding hydrogens is 268 g/mol. The van der Waals surface area contributed by atoms with E-state index >= 15 is 0 Å². The molecule has 0 spiro atoms. The van der Waals surface area contributed by atoms with E-state index in [1.807, 2.05) is 0 Å². The number of methoxy groups -OCH3 is 2. The van der Waals surface area contributed by atoms with Crippen LogP contribution in [0.2, 0.25) is 0 Å². The Morgan fingerprint density at radius 1 is 1.50 bits per heavy atom. The minimum atomic E-state index is -2.79. The zero-order chi connectivity index (χ0) is 13.7. The van der Waals surface area contributed by atoms with Crippen molar-refractivity contribution >= 4 is 17.6 Å². The molecular formula is C11H12ClF2NO3. The number of halogens is 3. The van der Waals surface area contributed by atoms with Crippen LogP contribution < -0.4 is 4.74 Å². The summed E-state index contributed by atoms with van der Waals surface area (Å²) >= 11 is 5.61. The van der Waals surface area contributed by atoms with E-state index in [0.29, 0.717) is 5.69 Å². The van der Waals surface area contributed by atoms with Gasteiger partial charge in [-0.1, -0.05) is 0 Å². The van der Waals surface area contributed by atoms with Crippen molar-refractivity contribution in [1.29, 1.82) is 0 Å². The van der Waals surface area contributed by atoms with Crippen LogP contribution in [0, 0.1) is 0 Å². The van der Waals surface area contributed by atoms with Crippen LogP contribution >= 0.6 is 11.6 Å². The summed E-state index contributed by atoms with van der Waals surface area (Å²) in [4.78, 5) is 15.0. The standard InChI is InChI=1S/C11H12ClF2NO3/c1-17-8(16)4-6-3-7(5-12)15-11(18-2)9(6)10(13)14/h3,10H,4-5H2,1-2H3. The van der Waals surface area contributed by atoms with E-state index in [9.17, 15) is 13.6 Å². The van der Waals surface area contributed by atoms with E-state index in [-0.39, 0.29) is 23.7 Å². The SMILES string of the molecule is COC(=O)Cc1cc(CCl)nc(OC)c1C(F)F. The Morgan fingerprint density at radius 2 is 2.17 bits per heavy atom. The number of hydrogen-bond acceptors (Lipinski definition) is 4. The van der Waals surface area contributed by atoms with Crippen molar-refractivity contribution in [3.05, 3.63) is 22.9 Å². The molecule has 1 aromatic rings. The van der Waals surface area contributed by atoms with Crippen molar-refractivity contribution in [3.8, 4) is 5.88 Å². The van der Waals surface area contributed by atoms with E-state index in [0.717, 1.165) is 0 Å². The molecule has 0 unspecified atom stereocenters. The smallest absolute Gasteiger partial charge is 0.309 e. The maximum Gasteiger partial charge on any atom is 0.309 e. The topological polar surface area (TPSA) is 48.4 Å². The zero-order valence-corrected chi connectivity index (χ0v) is 10.6. The summed E-state index contributed by atoms with van der Waals surface area (Å²) in [5, 5.41) is 0. The Labute approximate surface area is 108 Å². The first-order chi connectivity index (χ1) is 8.53. The van der Waals surface area contributed by atoms with Gasteiger partial charge in [-0.3, -0.25) is 4.79 Å². The van der Waals surface area contributed by atoms with Gasteiger partial charge >= 0.3 is 5.97 Å². The van der Waals surface area contributed by atoms with Crippen molar-refractivity contribution in [3.63, 3.8) is 0 Å². The molecule has 0 aliphatic rings. The van der Waals surface area contributed by atoms with Crippen LogP contribution in [0.4, 0.5) is 8.78 Å². The van der Waals surface area contributed by atoms with Gasteiger partial charge in [-0.25, -0.2) is 13.8 Å². The van der Waals surface area contributed by atoms with Crippen LogP contribution in [0.5, 0.6) is 5.88 Å². The molecule has 0 fully saturated rings. The first-order valence-electron chi connectivity index (χ1n) is 5.01. The molecule has 0 bridgehead atoms. The Balaban J connectivity index is 3.29. The lowest BCUT2D eigenvalue weighted by Gasteiger charge is -2.13. The lowest BCUT2D eigenvalue weighted by atomic mass is 10.1. The maximum atomic E-state index is 13.0. The molecule has 18 heavy (non-hydrogen) atoms. The Morgan fingerprint density at radius 3 is 2.61 bits per heavy atom. The van der Waals surface area contributed by atoms with Crippen molar-refractivity contribution in [2.24, 2.45) is 0 Å². The zero-order valence-electron chi connectivity index (χ0n) is 9.87. The van der Waals surface area contributed by atoms with Gasteiger partial charge in [0, 0.05) is 0 Å². The van der Waals surface area contributed by atoms with Crippen LogP contribution in [0.3, 0.4) is 0 Å². The molecule has 4 nitrogen and oxygen atoms in total. The van der Waals surface area contributed by atoms with Gasteiger partial charge in [0.15, 0.2) is 0 Å². The molecule has 0 radical (unpaired) electrons. The van der Waals surface area contributed by atoms with Gasteiger partial charge in [0.2, 0.25) is 5.88 Å². The molecule has 0 saturated heterocycles. The summed E-state index contributed by atoms with van der Waals surface area (Å²) in [5.41, 5.74) is 0.0629. The first-order valence-corrected chi connectivity index (χ1v) is 5.54. The number of pyridine rings is 1.